The molecular weight excluding hydrogens is 346 g/mol. The van der Waals surface area contributed by atoms with Gasteiger partial charge < -0.3 is 14.8 Å². The van der Waals surface area contributed by atoms with Crippen LogP contribution in [0, 0.1) is 18.8 Å². The molecule has 0 radical (unpaired) electrons. The third-order valence-corrected chi connectivity index (χ3v) is 5.24. The quantitative estimate of drug-likeness (QED) is 0.788. The Labute approximate surface area is 159 Å². The molecule has 1 aliphatic rings. The molecule has 1 fully saturated rings. The second-order valence-corrected chi connectivity index (χ2v) is 7.00. The number of carbonyl (C=O) groups excluding carboxylic acids is 2. The Morgan fingerprint density at radius 2 is 2.04 bits per heavy atom. The third kappa shape index (κ3) is 4.07. The second-order valence-electron chi connectivity index (χ2n) is 7.00. The van der Waals surface area contributed by atoms with E-state index in [9.17, 15) is 9.59 Å². The molecule has 0 bridgehead atoms. The van der Waals surface area contributed by atoms with E-state index in [1.807, 2.05) is 32.2 Å². The topological polar surface area (TPSA) is 81.9 Å². The minimum absolute atomic E-state index is 0.0000412. The number of methoxy groups -OCH3 is 1. The standard InChI is InChI=1S/C20H27N3O4/c1-4-27-16-6-5-11-23-17(13(2)22-18(16)23)19(24)21-12-14-7-9-15(10-8-14)20(25)26-3/h5-6,11,14-15H,4,7-10,12H2,1-3H3,(H,21,24). The molecule has 0 spiro atoms. The zero-order chi connectivity index (χ0) is 19.4. The number of esters is 1. The molecule has 0 aromatic carbocycles. The van der Waals surface area contributed by atoms with Crippen LogP contribution in [0.2, 0.25) is 0 Å². The van der Waals surface area contributed by atoms with E-state index in [2.05, 4.69) is 10.3 Å². The molecule has 3 rings (SSSR count). The highest BCUT2D eigenvalue weighted by molar-refractivity contribution is 5.95. The number of pyridine rings is 1. The number of nitrogens with one attached hydrogen (secondary N) is 1. The van der Waals surface area contributed by atoms with E-state index in [4.69, 9.17) is 9.47 Å². The van der Waals surface area contributed by atoms with Crippen molar-refractivity contribution in [1.29, 1.82) is 0 Å². The van der Waals surface area contributed by atoms with E-state index in [-0.39, 0.29) is 17.8 Å². The lowest BCUT2D eigenvalue weighted by Gasteiger charge is -2.26. The number of aryl methyl sites for hydroxylation is 1. The van der Waals surface area contributed by atoms with Gasteiger partial charge in [-0.05, 0) is 57.6 Å². The van der Waals surface area contributed by atoms with Crippen LogP contribution in [0.3, 0.4) is 0 Å². The van der Waals surface area contributed by atoms with Gasteiger partial charge in [0, 0.05) is 12.7 Å². The van der Waals surface area contributed by atoms with E-state index >= 15 is 0 Å². The third-order valence-electron chi connectivity index (χ3n) is 5.24. The summed E-state index contributed by atoms with van der Waals surface area (Å²) in [6, 6.07) is 3.71. The Hall–Kier alpha value is -2.57. The van der Waals surface area contributed by atoms with Crippen LogP contribution in [0.4, 0.5) is 0 Å². The van der Waals surface area contributed by atoms with Crippen LogP contribution in [0.5, 0.6) is 5.75 Å². The Balaban J connectivity index is 1.65. The zero-order valence-corrected chi connectivity index (χ0v) is 16.2. The molecule has 0 unspecified atom stereocenters. The van der Waals surface area contributed by atoms with Crippen LogP contribution in [-0.4, -0.2) is 41.5 Å². The smallest absolute Gasteiger partial charge is 0.308 e. The van der Waals surface area contributed by atoms with E-state index in [1.54, 1.807) is 4.40 Å². The molecule has 1 saturated carbocycles. The maximum absolute atomic E-state index is 12.8. The molecule has 0 aliphatic heterocycles. The first-order valence-electron chi connectivity index (χ1n) is 9.51. The van der Waals surface area contributed by atoms with Crippen molar-refractivity contribution in [2.24, 2.45) is 11.8 Å². The molecule has 1 aliphatic carbocycles. The monoisotopic (exact) mass is 373 g/mol. The van der Waals surface area contributed by atoms with Gasteiger partial charge in [-0.1, -0.05) is 0 Å². The Morgan fingerprint density at radius 1 is 1.30 bits per heavy atom. The van der Waals surface area contributed by atoms with Gasteiger partial charge in [-0.3, -0.25) is 14.0 Å². The van der Waals surface area contributed by atoms with E-state index in [0.717, 1.165) is 25.7 Å². The van der Waals surface area contributed by atoms with Crippen molar-refractivity contribution in [3.8, 4) is 5.75 Å². The van der Waals surface area contributed by atoms with Gasteiger partial charge >= 0.3 is 5.97 Å². The van der Waals surface area contributed by atoms with Gasteiger partial charge in [0.1, 0.15) is 5.69 Å². The van der Waals surface area contributed by atoms with Gasteiger partial charge in [-0.2, -0.15) is 0 Å². The lowest BCUT2D eigenvalue weighted by Crippen LogP contribution is -2.33. The number of imidazole rings is 1. The zero-order valence-electron chi connectivity index (χ0n) is 16.2. The summed E-state index contributed by atoms with van der Waals surface area (Å²) in [5, 5.41) is 3.04. The van der Waals surface area contributed by atoms with Gasteiger partial charge in [-0.15, -0.1) is 0 Å². The lowest BCUT2D eigenvalue weighted by atomic mass is 9.82. The number of aromatic nitrogens is 2. The van der Waals surface area contributed by atoms with Crippen molar-refractivity contribution >= 4 is 17.5 Å². The van der Waals surface area contributed by atoms with E-state index in [1.165, 1.54) is 7.11 Å². The van der Waals surface area contributed by atoms with Crippen molar-refractivity contribution in [2.75, 3.05) is 20.3 Å². The molecule has 7 nitrogen and oxygen atoms in total. The fourth-order valence-electron chi connectivity index (χ4n) is 3.79. The van der Waals surface area contributed by atoms with E-state index in [0.29, 0.717) is 41.9 Å². The van der Waals surface area contributed by atoms with Crippen molar-refractivity contribution in [2.45, 2.75) is 39.5 Å². The lowest BCUT2D eigenvalue weighted by molar-refractivity contribution is -0.146. The molecule has 27 heavy (non-hydrogen) atoms. The highest BCUT2D eigenvalue weighted by Crippen LogP contribution is 2.29. The molecule has 7 heteroatoms. The molecule has 2 heterocycles. The van der Waals surface area contributed by atoms with Crippen LogP contribution >= 0.6 is 0 Å². The highest BCUT2D eigenvalue weighted by Gasteiger charge is 2.27. The number of hydrogen-bond donors (Lipinski definition) is 1. The molecule has 1 N–H and O–H groups in total. The first-order valence-corrected chi connectivity index (χ1v) is 9.51. The summed E-state index contributed by atoms with van der Waals surface area (Å²) in [7, 11) is 1.43. The predicted octanol–water partition coefficient (Wildman–Crippen LogP) is 2.75. The number of hydrogen-bond acceptors (Lipinski definition) is 5. The SMILES string of the molecule is CCOc1cccn2c(C(=O)NCC3CCC(C(=O)OC)CC3)c(C)nc12. The minimum Gasteiger partial charge on any atom is -0.490 e. The normalized spacial score (nSPS) is 19.7. The van der Waals surface area contributed by atoms with Crippen LogP contribution in [-0.2, 0) is 9.53 Å². The van der Waals surface area contributed by atoms with Crippen molar-refractivity contribution in [3.05, 3.63) is 29.7 Å². The van der Waals surface area contributed by atoms with E-state index < -0.39 is 0 Å². The highest BCUT2D eigenvalue weighted by atomic mass is 16.5. The molecular formula is C20H27N3O4. The van der Waals surface area contributed by atoms with Gasteiger partial charge in [0.15, 0.2) is 11.4 Å². The summed E-state index contributed by atoms with van der Waals surface area (Å²) >= 11 is 0. The Bertz CT molecular complexity index is 822. The van der Waals surface area contributed by atoms with Gasteiger partial charge in [-0.25, -0.2) is 4.98 Å². The number of fused-ring (bicyclic) bond motifs is 1. The summed E-state index contributed by atoms with van der Waals surface area (Å²) in [5.74, 6) is 0.796. The van der Waals surface area contributed by atoms with Crippen LogP contribution < -0.4 is 10.1 Å². The number of nitrogens with zero attached hydrogens (tertiary/aromatic N) is 2. The predicted molar refractivity (Wildman–Crippen MR) is 101 cm³/mol. The minimum atomic E-state index is -0.135. The summed E-state index contributed by atoms with van der Waals surface area (Å²) in [4.78, 5) is 28.9. The number of rotatable bonds is 6. The fourth-order valence-corrected chi connectivity index (χ4v) is 3.79. The summed E-state index contributed by atoms with van der Waals surface area (Å²) in [6.07, 6.45) is 5.30. The maximum Gasteiger partial charge on any atom is 0.308 e. The first-order chi connectivity index (χ1) is 13.0. The fraction of sp³-hybridized carbons (Fsp3) is 0.550. The number of amides is 1. The average molecular weight is 373 g/mol. The summed E-state index contributed by atoms with van der Waals surface area (Å²) in [6.45, 7) is 4.90. The summed E-state index contributed by atoms with van der Waals surface area (Å²) < 4.78 is 12.2. The van der Waals surface area contributed by atoms with Crippen LogP contribution in [0.25, 0.3) is 5.65 Å². The van der Waals surface area contributed by atoms with Crippen molar-refractivity contribution < 1.29 is 19.1 Å². The molecule has 1 amide bonds. The second kappa shape index (κ2) is 8.41. The van der Waals surface area contributed by atoms with Crippen LogP contribution in [0.15, 0.2) is 18.3 Å². The molecule has 2 aromatic rings. The van der Waals surface area contributed by atoms with Gasteiger partial charge in [0.05, 0.1) is 25.3 Å². The molecule has 2 aromatic heterocycles. The average Bonchev–Trinajstić information content (AvgIpc) is 3.03. The van der Waals surface area contributed by atoms with Crippen molar-refractivity contribution in [3.63, 3.8) is 0 Å². The number of carbonyl (C=O) groups is 2. The first kappa shape index (κ1) is 19.2. The maximum atomic E-state index is 12.8. The van der Waals surface area contributed by atoms with Crippen LogP contribution in [0.1, 0.15) is 48.8 Å². The number of ether oxygens (including phenoxy) is 2. The van der Waals surface area contributed by atoms with Gasteiger partial charge in [0.25, 0.3) is 5.91 Å². The molecule has 0 saturated heterocycles. The molecule has 0 atom stereocenters. The summed E-state index contributed by atoms with van der Waals surface area (Å²) in [5.41, 5.74) is 1.87. The Morgan fingerprint density at radius 3 is 2.70 bits per heavy atom. The van der Waals surface area contributed by atoms with Crippen molar-refractivity contribution in [1.82, 2.24) is 14.7 Å². The molecule has 146 valence electrons. The Kier molecular flexibility index (Phi) is 5.98. The van der Waals surface area contributed by atoms with Gasteiger partial charge in [0.2, 0.25) is 0 Å². The largest absolute Gasteiger partial charge is 0.490 e.